The van der Waals surface area contributed by atoms with Gasteiger partial charge < -0.3 is 4.74 Å². The van der Waals surface area contributed by atoms with E-state index in [9.17, 15) is 4.79 Å². The van der Waals surface area contributed by atoms with Crippen LogP contribution in [0.2, 0.25) is 0 Å². The van der Waals surface area contributed by atoms with Crippen molar-refractivity contribution in [1.82, 2.24) is 0 Å². The molecular weight excluding hydrogens is 244 g/mol. The number of esters is 1. The van der Waals surface area contributed by atoms with Crippen molar-refractivity contribution in [3.8, 4) is 0 Å². The molecule has 1 aromatic rings. The zero-order valence-corrected chi connectivity index (χ0v) is 9.71. The minimum absolute atomic E-state index is 0.129. The molecular formula is C11H13BrO2. The molecule has 0 heterocycles. The number of hydrogen-bond donors (Lipinski definition) is 0. The zero-order valence-electron chi connectivity index (χ0n) is 8.13. The van der Waals surface area contributed by atoms with Crippen LogP contribution < -0.4 is 0 Å². The first kappa shape index (κ1) is 11.2. The molecule has 1 aromatic carbocycles. The van der Waals surface area contributed by atoms with Gasteiger partial charge >= 0.3 is 5.97 Å². The Morgan fingerprint density at radius 1 is 1.36 bits per heavy atom. The van der Waals surface area contributed by atoms with E-state index in [1.54, 1.807) is 0 Å². The molecule has 0 aliphatic carbocycles. The maximum absolute atomic E-state index is 11.1. The summed E-state index contributed by atoms with van der Waals surface area (Å²) in [5.74, 6) is -0.129. The molecule has 0 radical (unpaired) electrons. The highest BCUT2D eigenvalue weighted by Gasteiger charge is 2.00. The van der Waals surface area contributed by atoms with Crippen molar-refractivity contribution < 1.29 is 9.53 Å². The van der Waals surface area contributed by atoms with Gasteiger partial charge in [-0.2, -0.15) is 0 Å². The van der Waals surface area contributed by atoms with Crippen LogP contribution >= 0.6 is 15.9 Å². The van der Waals surface area contributed by atoms with E-state index in [4.69, 9.17) is 4.74 Å². The molecule has 0 amide bonds. The fraction of sp³-hybridized carbons (Fsp3) is 0.364. The molecule has 0 atom stereocenters. The molecule has 0 unspecified atom stereocenters. The molecule has 0 spiro atoms. The SMILES string of the molecule is CCCC(=O)OCc1ccc(Br)cc1. The van der Waals surface area contributed by atoms with E-state index in [-0.39, 0.29) is 5.97 Å². The summed E-state index contributed by atoms with van der Waals surface area (Å²) in [5, 5.41) is 0. The van der Waals surface area contributed by atoms with Gasteiger partial charge in [-0.15, -0.1) is 0 Å². The average molecular weight is 257 g/mol. The average Bonchev–Trinajstić information content (AvgIpc) is 2.17. The van der Waals surface area contributed by atoms with E-state index < -0.39 is 0 Å². The van der Waals surface area contributed by atoms with Gasteiger partial charge in [0, 0.05) is 10.9 Å². The second-order valence-corrected chi connectivity index (χ2v) is 3.95. The highest BCUT2D eigenvalue weighted by molar-refractivity contribution is 9.10. The Morgan fingerprint density at radius 3 is 2.57 bits per heavy atom. The first-order valence-corrected chi connectivity index (χ1v) is 5.41. The minimum atomic E-state index is -0.129. The number of benzene rings is 1. The van der Waals surface area contributed by atoms with Gasteiger partial charge in [-0.05, 0) is 24.1 Å². The van der Waals surface area contributed by atoms with Crippen LogP contribution in [-0.2, 0) is 16.1 Å². The summed E-state index contributed by atoms with van der Waals surface area (Å²) in [7, 11) is 0. The molecule has 0 N–H and O–H groups in total. The van der Waals surface area contributed by atoms with E-state index in [2.05, 4.69) is 15.9 Å². The van der Waals surface area contributed by atoms with Crippen LogP contribution in [0.25, 0.3) is 0 Å². The first-order chi connectivity index (χ1) is 6.72. The lowest BCUT2D eigenvalue weighted by Gasteiger charge is -2.03. The van der Waals surface area contributed by atoms with Crippen LogP contribution in [-0.4, -0.2) is 5.97 Å². The van der Waals surface area contributed by atoms with E-state index in [0.717, 1.165) is 16.5 Å². The quantitative estimate of drug-likeness (QED) is 0.773. The van der Waals surface area contributed by atoms with Crippen molar-refractivity contribution in [2.75, 3.05) is 0 Å². The fourth-order valence-corrected chi connectivity index (χ4v) is 1.29. The standard InChI is InChI=1S/C11H13BrO2/c1-2-3-11(13)14-8-9-4-6-10(12)7-5-9/h4-7H,2-3,8H2,1H3. The Bertz CT molecular complexity index is 293. The highest BCUT2D eigenvalue weighted by Crippen LogP contribution is 2.11. The summed E-state index contributed by atoms with van der Waals surface area (Å²) in [4.78, 5) is 11.1. The molecule has 0 saturated heterocycles. The van der Waals surface area contributed by atoms with Gasteiger partial charge in [0.15, 0.2) is 0 Å². The van der Waals surface area contributed by atoms with E-state index in [0.29, 0.717) is 13.0 Å². The van der Waals surface area contributed by atoms with Gasteiger partial charge in [-0.3, -0.25) is 4.79 Å². The summed E-state index contributed by atoms with van der Waals surface area (Å²) < 4.78 is 6.08. The summed E-state index contributed by atoms with van der Waals surface area (Å²) in [6.45, 7) is 2.33. The maximum atomic E-state index is 11.1. The molecule has 0 fully saturated rings. The van der Waals surface area contributed by atoms with Gasteiger partial charge in [-0.25, -0.2) is 0 Å². The predicted octanol–water partition coefficient (Wildman–Crippen LogP) is 3.29. The second kappa shape index (κ2) is 5.81. The van der Waals surface area contributed by atoms with E-state index in [1.807, 2.05) is 31.2 Å². The zero-order chi connectivity index (χ0) is 10.4. The molecule has 0 bridgehead atoms. The fourth-order valence-electron chi connectivity index (χ4n) is 1.02. The van der Waals surface area contributed by atoms with Crippen LogP contribution in [0.15, 0.2) is 28.7 Å². The molecule has 0 aliphatic rings. The Kier molecular flexibility index (Phi) is 4.66. The number of carbonyl (C=O) groups excluding carboxylic acids is 1. The molecule has 3 heteroatoms. The number of carbonyl (C=O) groups is 1. The lowest BCUT2D eigenvalue weighted by Crippen LogP contribution is -2.03. The monoisotopic (exact) mass is 256 g/mol. The molecule has 0 saturated carbocycles. The second-order valence-electron chi connectivity index (χ2n) is 3.04. The molecule has 0 aromatic heterocycles. The normalized spacial score (nSPS) is 9.86. The largest absolute Gasteiger partial charge is 0.461 e. The van der Waals surface area contributed by atoms with Crippen molar-refractivity contribution >= 4 is 21.9 Å². The van der Waals surface area contributed by atoms with Gasteiger partial charge in [0.1, 0.15) is 6.61 Å². The topological polar surface area (TPSA) is 26.3 Å². The number of hydrogen-bond acceptors (Lipinski definition) is 2. The smallest absolute Gasteiger partial charge is 0.306 e. The molecule has 1 rings (SSSR count). The third-order valence-electron chi connectivity index (χ3n) is 1.77. The lowest BCUT2D eigenvalue weighted by atomic mass is 10.2. The Labute approximate surface area is 92.4 Å². The number of ether oxygens (including phenoxy) is 1. The van der Waals surface area contributed by atoms with Crippen molar-refractivity contribution in [2.24, 2.45) is 0 Å². The van der Waals surface area contributed by atoms with Gasteiger partial charge in [0.2, 0.25) is 0 Å². The molecule has 2 nitrogen and oxygen atoms in total. The van der Waals surface area contributed by atoms with Crippen molar-refractivity contribution in [1.29, 1.82) is 0 Å². The third-order valence-corrected chi connectivity index (χ3v) is 2.30. The third kappa shape index (κ3) is 3.92. The van der Waals surface area contributed by atoms with Gasteiger partial charge in [0.25, 0.3) is 0 Å². The van der Waals surface area contributed by atoms with Crippen LogP contribution in [0, 0.1) is 0 Å². The van der Waals surface area contributed by atoms with Gasteiger partial charge in [-0.1, -0.05) is 35.0 Å². The maximum Gasteiger partial charge on any atom is 0.306 e. The Morgan fingerprint density at radius 2 is 2.00 bits per heavy atom. The van der Waals surface area contributed by atoms with Crippen LogP contribution in [0.4, 0.5) is 0 Å². The molecule has 76 valence electrons. The minimum Gasteiger partial charge on any atom is -0.461 e. The van der Waals surface area contributed by atoms with Crippen molar-refractivity contribution in [3.63, 3.8) is 0 Å². The van der Waals surface area contributed by atoms with Gasteiger partial charge in [0.05, 0.1) is 0 Å². The number of halogens is 1. The summed E-state index contributed by atoms with van der Waals surface area (Å²) in [6.07, 6.45) is 1.33. The van der Waals surface area contributed by atoms with E-state index in [1.165, 1.54) is 0 Å². The van der Waals surface area contributed by atoms with Crippen molar-refractivity contribution in [3.05, 3.63) is 34.3 Å². The Hall–Kier alpha value is -0.830. The lowest BCUT2D eigenvalue weighted by molar-refractivity contribution is -0.144. The van der Waals surface area contributed by atoms with Crippen LogP contribution in [0.5, 0.6) is 0 Å². The summed E-state index contributed by atoms with van der Waals surface area (Å²) >= 11 is 3.34. The molecule has 14 heavy (non-hydrogen) atoms. The van der Waals surface area contributed by atoms with Crippen LogP contribution in [0.3, 0.4) is 0 Å². The van der Waals surface area contributed by atoms with Crippen molar-refractivity contribution in [2.45, 2.75) is 26.4 Å². The Balaban J connectivity index is 2.38. The summed E-state index contributed by atoms with van der Waals surface area (Å²) in [5.41, 5.74) is 1.01. The predicted molar refractivity (Wildman–Crippen MR) is 58.8 cm³/mol. The van der Waals surface area contributed by atoms with E-state index >= 15 is 0 Å². The van der Waals surface area contributed by atoms with Crippen LogP contribution in [0.1, 0.15) is 25.3 Å². The molecule has 0 aliphatic heterocycles. The number of rotatable bonds is 4. The summed E-state index contributed by atoms with van der Waals surface area (Å²) in [6, 6.07) is 7.73. The first-order valence-electron chi connectivity index (χ1n) is 4.62. The highest BCUT2D eigenvalue weighted by atomic mass is 79.9.